The number of esters is 1. The Balaban J connectivity index is 1.52. The van der Waals surface area contributed by atoms with Gasteiger partial charge in [0.2, 0.25) is 5.88 Å². The predicted octanol–water partition coefficient (Wildman–Crippen LogP) is 4.60. The highest BCUT2D eigenvalue weighted by molar-refractivity contribution is 5.96. The molecule has 0 atom stereocenters. The van der Waals surface area contributed by atoms with Gasteiger partial charge in [-0.2, -0.15) is 0 Å². The van der Waals surface area contributed by atoms with Crippen LogP contribution in [0.4, 0.5) is 0 Å². The maximum absolute atomic E-state index is 12.6. The van der Waals surface area contributed by atoms with Crippen molar-refractivity contribution >= 4 is 22.7 Å². The van der Waals surface area contributed by atoms with Crippen molar-refractivity contribution in [3.63, 3.8) is 0 Å². The number of carbonyl (C=O) groups excluding carboxylic acids is 1. The molecule has 0 spiro atoms. The summed E-state index contributed by atoms with van der Waals surface area (Å²) in [5.74, 6) is -0.880. The lowest BCUT2D eigenvalue weighted by Gasteiger charge is -2.10. The highest BCUT2D eigenvalue weighted by Gasteiger charge is 2.12. The fourth-order valence-electron chi connectivity index (χ4n) is 3.47. The summed E-state index contributed by atoms with van der Waals surface area (Å²) >= 11 is 0. The number of benzene rings is 3. The van der Waals surface area contributed by atoms with E-state index < -0.39 is 11.9 Å². The molecular formula is C26H21NO6. The van der Waals surface area contributed by atoms with Gasteiger partial charge < -0.3 is 19.7 Å². The average Bonchev–Trinajstić information content (AvgIpc) is 2.83. The zero-order chi connectivity index (χ0) is 23.4. The van der Waals surface area contributed by atoms with Crippen LogP contribution in [0, 0.1) is 0 Å². The normalized spacial score (nSPS) is 10.7. The summed E-state index contributed by atoms with van der Waals surface area (Å²) in [6.45, 7) is 0.0862. The van der Waals surface area contributed by atoms with Crippen LogP contribution in [0.1, 0.15) is 37.4 Å². The molecule has 0 bridgehead atoms. The van der Waals surface area contributed by atoms with Crippen LogP contribution in [-0.4, -0.2) is 34.2 Å². The smallest absolute Gasteiger partial charge is 0.338 e. The van der Waals surface area contributed by atoms with Crippen molar-refractivity contribution in [1.29, 1.82) is 0 Å². The summed E-state index contributed by atoms with van der Waals surface area (Å²) in [4.78, 5) is 27.6. The molecule has 0 unspecified atom stereocenters. The van der Waals surface area contributed by atoms with Gasteiger partial charge >= 0.3 is 11.9 Å². The standard InChI is InChI=1S/C26H21NO6/c1-32-24-11-17(8-9-27-24)15-33-26(31)20-7-6-19-14-23(28)22(13-21(19)12-20)10-16-2-4-18(5-3-16)25(29)30/h2-9,11-14,28H,10,15H2,1H3,(H,29,30). The number of methoxy groups -OCH3 is 1. The summed E-state index contributed by atoms with van der Waals surface area (Å²) in [5, 5.41) is 21.0. The molecule has 33 heavy (non-hydrogen) atoms. The first-order valence-corrected chi connectivity index (χ1v) is 10.2. The van der Waals surface area contributed by atoms with Crippen LogP contribution in [0.15, 0.2) is 72.9 Å². The van der Waals surface area contributed by atoms with Gasteiger partial charge in [-0.25, -0.2) is 14.6 Å². The van der Waals surface area contributed by atoms with Crippen LogP contribution >= 0.6 is 0 Å². The Morgan fingerprint density at radius 2 is 1.64 bits per heavy atom. The molecule has 0 saturated heterocycles. The number of rotatable bonds is 7. The number of pyridine rings is 1. The van der Waals surface area contributed by atoms with Gasteiger partial charge in [-0.1, -0.05) is 18.2 Å². The van der Waals surface area contributed by atoms with Crippen LogP contribution in [0.3, 0.4) is 0 Å². The van der Waals surface area contributed by atoms with Gasteiger partial charge in [0.1, 0.15) is 12.4 Å². The van der Waals surface area contributed by atoms with Crippen LogP contribution in [0.2, 0.25) is 0 Å². The fourth-order valence-corrected chi connectivity index (χ4v) is 3.47. The highest BCUT2D eigenvalue weighted by atomic mass is 16.5. The Morgan fingerprint density at radius 1 is 0.879 bits per heavy atom. The largest absolute Gasteiger partial charge is 0.508 e. The molecule has 0 fully saturated rings. The molecule has 0 aliphatic rings. The van der Waals surface area contributed by atoms with Crippen molar-refractivity contribution in [3.05, 3.63) is 101 Å². The molecule has 4 aromatic rings. The van der Waals surface area contributed by atoms with E-state index >= 15 is 0 Å². The van der Waals surface area contributed by atoms with E-state index in [0.717, 1.165) is 21.9 Å². The van der Waals surface area contributed by atoms with Crippen LogP contribution in [-0.2, 0) is 17.8 Å². The van der Waals surface area contributed by atoms with E-state index in [2.05, 4.69) is 4.98 Å². The summed E-state index contributed by atoms with van der Waals surface area (Å²) in [7, 11) is 1.52. The number of aromatic nitrogens is 1. The Morgan fingerprint density at radius 3 is 2.36 bits per heavy atom. The van der Waals surface area contributed by atoms with Crippen LogP contribution in [0.5, 0.6) is 11.6 Å². The lowest BCUT2D eigenvalue weighted by molar-refractivity contribution is 0.0472. The number of phenolic OH excluding ortho intramolecular Hbond substituents is 1. The van der Waals surface area contributed by atoms with Gasteiger partial charge in [-0.15, -0.1) is 0 Å². The third-order valence-electron chi connectivity index (χ3n) is 5.25. The van der Waals surface area contributed by atoms with Crippen molar-refractivity contribution in [1.82, 2.24) is 4.98 Å². The number of carbonyl (C=O) groups is 2. The second kappa shape index (κ2) is 9.40. The lowest BCUT2D eigenvalue weighted by Crippen LogP contribution is -2.05. The van der Waals surface area contributed by atoms with Crippen molar-refractivity contribution < 1.29 is 29.3 Å². The Bertz CT molecular complexity index is 1330. The topological polar surface area (TPSA) is 106 Å². The van der Waals surface area contributed by atoms with Gasteiger partial charge in [0.15, 0.2) is 0 Å². The molecule has 0 saturated carbocycles. The summed E-state index contributed by atoms with van der Waals surface area (Å²) < 4.78 is 10.5. The van der Waals surface area contributed by atoms with Crippen molar-refractivity contribution in [2.24, 2.45) is 0 Å². The molecule has 3 aromatic carbocycles. The second-order valence-electron chi connectivity index (χ2n) is 7.50. The van der Waals surface area contributed by atoms with Crippen molar-refractivity contribution in [3.8, 4) is 11.6 Å². The first-order chi connectivity index (χ1) is 15.9. The summed E-state index contributed by atoms with van der Waals surface area (Å²) in [6, 6.07) is 18.5. The summed E-state index contributed by atoms with van der Waals surface area (Å²) in [5.41, 5.74) is 2.89. The maximum Gasteiger partial charge on any atom is 0.338 e. The van der Waals surface area contributed by atoms with E-state index in [-0.39, 0.29) is 17.9 Å². The molecule has 7 nitrogen and oxygen atoms in total. The quantitative estimate of drug-likeness (QED) is 0.402. The number of aromatic carboxylic acids is 1. The molecule has 0 aliphatic carbocycles. The van der Waals surface area contributed by atoms with E-state index in [4.69, 9.17) is 14.6 Å². The number of aromatic hydroxyl groups is 1. The molecule has 7 heteroatoms. The van der Waals surface area contributed by atoms with E-state index in [0.29, 0.717) is 23.4 Å². The number of phenols is 1. The van der Waals surface area contributed by atoms with E-state index in [9.17, 15) is 14.7 Å². The average molecular weight is 443 g/mol. The first-order valence-electron chi connectivity index (χ1n) is 10.2. The number of fused-ring (bicyclic) bond motifs is 1. The number of hydrogen-bond acceptors (Lipinski definition) is 6. The lowest BCUT2D eigenvalue weighted by atomic mass is 9.98. The summed E-state index contributed by atoms with van der Waals surface area (Å²) in [6.07, 6.45) is 2.00. The van der Waals surface area contributed by atoms with Crippen LogP contribution < -0.4 is 4.74 Å². The second-order valence-corrected chi connectivity index (χ2v) is 7.50. The fraction of sp³-hybridized carbons (Fsp3) is 0.115. The molecule has 166 valence electrons. The minimum absolute atomic E-state index is 0.0862. The molecule has 0 radical (unpaired) electrons. The molecule has 4 rings (SSSR count). The Labute approximate surface area is 189 Å². The molecular weight excluding hydrogens is 422 g/mol. The molecule has 0 amide bonds. The van der Waals surface area contributed by atoms with Gasteiger partial charge in [-0.05, 0) is 69.9 Å². The monoisotopic (exact) mass is 443 g/mol. The Kier molecular flexibility index (Phi) is 6.22. The van der Waals surface area contributed by atoms with E-state index in [1.54, 1.807) is 54.7 Å². The van der Waals surface area contributed by atoms with Gasteiger partial charge in [0.25, 0.3) is 0 Å². The van der Waals surface area contributed by atoms with Crippen LogP contribution in [0.25, 0.3) is 10.8 Å². The molecule has 1 heterocycles. The van der Waals surface area contributed by atoms with Crippen molar-refractivity contribution in [2.75, 3.05) is 7.11 Å². The number of ether oxygens (including phenoxy) is 2. The highest BCUT2D eigenvalue weighted by Crippen LogP contribution is 2.28. The number of nitrogens with zero attached hydrogens (tertiary/aromatic N) is 1. The third-order valence-corrected chi connectivity index (χ3v) is 5.25. The number of carboxylic acids is 1. The third kappa shape index (κ3) is 5.10. The molecule has 0 aliphatic heterocycles. The Hall–Kier alpha value is -4.39. The molecule has 1 aromatic heterocycles. The van der Waals surface area contributed by atoms with E-state index in [1.165, 1.54) is 19.2 Å². The van der Waals surface area contributed by atoms with Gasteiger partial charge in [-0.3, -0.25) is 0 Å². The van der Waals surface area contributed by atoms with Gasteiger partial charge in [0.05, 0.1) is 18.2 Å². The van der Waals surface area contributed by atoms with E-state index in [1.807, 2.05) is 6.07 Å². The van der Waals surface area contributed by atoms with Gasteiger partial charge in [0, 0.05) is 18.7 Å². The zero-order valence-electron chi connectivity index (χ0n) is 17.8. The predicted molar refractivity (Wildman–Crippen MR) is 122 cm³/mol. The first kappa shape index (κ1) is 21.8. The molecule has 2 N–H and O–H groups in total. The SMILES string of the molecule is COc1cc(COC(=O)c2ccc3cc(O)c(Cc4ccc(C(=O)O)cc4)cc3c2)ccn1. The minimum atomic E-state index is -0.988. The zero-order valence-corrected chi connectivity index (χ0v) is 17.8. The maximum atomic E-state index is 12.6. The number of carboxylic acid groups (broad SMARTS) is 1. The minimum Gasteiger partial charge on any atom is -0.508 e. The number of hydrogen-bond donors (Lipinski definition) is 2. The van der Waals surface area contributed by atoms with Crippen molar-refractivity contribution in [2.45, 2.75) is 13.0 Å².